The van der Waals surface area contributed by atoms with Crippen LogP contribution in [0.5, 0.6) is 0 Å². The van der Waals surface area contributed by atoms with Crippen LogP contribution in [0.4, 0.5) is 8.78 Å². The highest BCUT2D eigenvalue weighted by Gasteiger charge is 2.19. The average molecular weight is 456 g/mol. The van der Waals surface area contributed by atoms with Crippen LogP contribution in [-0.4, -0.2) is 17.8 Å². The molecule has 3 rings (SSSR count). The first-order valence-corrected chi connectivity index (χ1v) is 10.2. The van der Waals surface area contributed by atoms with Crippen LogP contribution in [0.2, 0.25) is 0 Å². The third-order valence-electron chi connectivity index (χ3n) is 4.30. The first kappa shape index (κ1) is 20.0. The van der Waals surface area contributed by atoms with E-state index in [9.17, 15) is 13.6 Å². The van der Waals surface area contributed by atoms with Crippen LogP contribution in [-0.2, 0) is 6.54 Å². The van der Waals surface area contributed by atoms with Crippen LogP contribution in [0.15, 0.2) is 45.8 Å². The van der Waals surface area contributed by atoms with E-state index in [-0.39, 0.29) is 10.3 Å². The second-order valence-electron chi connectivity index (χ2n) is 6.13. The third kappa shape index (κ3) is 4.56. The van der Waals surface area contributed by atoms with Gasteiger partial charge in [-0.1, -0.05) is 12.1 Å². The fourth-order valence-electron chi connectivity index (χ4n) is 2.83. The fourth-order valence-corrected chi connectivity index (χ4v) is 4.64. The molecule has 0 atom stereocenters. The summed E-state index contributed by atoms with van der Waals surface area (Å²) in [6.45, 7) is 3.90. The topological polar surface area (TPSA) is 46.1 Å². The molecular weight excluding hydrogens is 436 g/mol. The second kappa shape index (κ2) is 8.95. The Bertz CT molecular complexity index is 987. The van der Waals surface area contributed by atoms with Crippen LogP contribution < -0.4 is 16.2 Å². The van der Waals surface area contributed by atoms with Crippen LogP contribution in [0.1, 0.15) is 28.2 Å². The molecule has 2 N–H and O–H groups in total. The lowest BCUT2D eigenvalue weighted by Gasteiger charge is -2.13. The van der Waals surface area contributed by atoms with Crippen LogP contribution in [0.25, 0.3) is 10.9 Å². The van der Waals surface area contributed by atoms with Crippen molar-refractivity contribution in [1.29, 1.82) is 0 Å². The lowest BCUT2D eigenvalue weighted by molar-refractivity contribution is 0.155. The number of hydrogen-bond acceptors (Lipinski definition) is 4. The molecule has 0 saturated carbocycles. The molecule has 0 spiro atoms. The van der Waals surface area contributed by atoms with E-state index in [0.29, 0.717) is 16.4 Å². The summed E-state index contributed by atoms with van der Waals surface area (Å²) in [6, 6.07) is 9.01. The molecule has 1 aromatic carbocycles. The zero-order valence-corrected chi connectivity index (χ0v) is 17.2. The van der Waals surface area contributed by atoms with Crippen LogP contribution >= 0.6 is 27.3 Å². The van der Waals surface area contributed by atoms with Gasteiger partial charge in [0.2, 0.25) is 0 Å². The molecule has 0 bridgehead atoms. The van der Waals surface area contributed by atoms with Gasteiger partial charge in [-0.2, -0.15) is 0 Å². The fraction of sp³-hybridized carbons (Fsp3) is 0.316. The maximum absolute atomic E-state index is 12.9. The van der Waals surface area contributed by atoms with Gasteiger partial charge in [-0.05, 0) is 53.5 Å². The molecule has 0 unspecified atom stereocenters. The highest BCUT2D eigenvalue weighted by Crippen LogP contribution is 2.38. The highest BCUT2D eigenvalue weighted by atomic mass is 79.9. The number of alkyl halides is 2. The number of rotatable bonds is 8. The van der Waals surface area contributed by atoms with E-state index >= 15 is 0 Å². The van der Waals surface area contributed by atoms with Crippen molar-refractivity contribution in [3.63, 3.8) is 0 Å². The van der Waals surface area contributed by atoms with Crippen molar-refractivity contribution in [2.24, 2.45) is 0 Å². The minimum Gasteiger partial charge on any atom is -0.326 e. The molecule has 8 heteroatoms. The molecule has 0 aliphatic rings. The lowest BCUT2D eigenvalue weighted by atomic mass is 10.2. The summed E-state index contributed by atoms with van der Waals surface area (Å²) in [5.74, 6) is 0. The summed E-state index contributed by atoms with van der Waals surface area (Å²) < 4.78 is 28.2. The van der Waals surface area contributed by atoms with Crippen molar-refractivity contribution in [2.75, 3.05) is 18.5 Å². The second-order valence-corrected chi connectivity index (χ2v) is 8.06. The Morgan fingerprint density at radius 3 is 2.74 bits per heavy atom. The Morgan fingerprint density at radius 1 is 1.22 bits per heavy atom. The van der Waals surface area contributed by atoms with Gasteiger partial charge in [0.1, 0.15) is 0 Å². The molecule has 2 aromatic heterocycles. The summed E-state index contributed by atoms with van der Waals surface area (Å²) in [5.41, 5.74) is 5.01. The molecule has 3 aromatic rings. The number of aromatic nitrogens is 1. The molecule has 0 fully saturated rings. The number of halogens is 3. The maximum Gasteiger partial charge on any atom is 0.273 e. The largest absolute Gasteiger partial charge is 0.326 e. The summed E-state index contributed by atoms with van der Waals surface area (Å²) in [4.78, 5) is 12.9. The smallest absolute Gasteiger partial charge is 0.273 e. The summed E-state index contributed by atoms with van der Waals surface area (Å²) in [7, 11) is 0. The summed E-state index contributed by atoms with van der Waals surface area (Å²) in [6.07, 6.45) is 0.137. The van der Waals surface area contributed by atoms with Crippen molar-refractivity contribution in [3.8, 4) is 0 Å². The van der Waals surface area contributed by atoms with E-state index in [0.717, 1.165) is 46.8 Å². The molecule has 27 heavy (non-hydrogen) atoms. The molecule has 0 aliphatic carbocycles. The molecule has 4 nitrogen and oxygen atoms in total. The maximum atomic E-state index is 12.9. The Kier molecular flexibility index (Phi) is 6.62. The molecule has 0 radical (unpaired) electrons. The van der Waals surface area contributed by atoms with Crippen molar-refractivity contribution < 1.29 is 8.78 Å². The predicted octanol–water partition coefficient (Wildman–Crippen LogP) is 4.79. The quantitative estimate of drug-likeness (QED) is 0.479. The van der Waals surface area contributed by atoms with Crippen molar-refractivity contribution in [2.45, 2.75) is 26.3 Å². The number of fused-ring (bicyclic) bond motifs is 1. The molecule has 0 saturated heterocycles. The number of thiophene rings is 1. The standard InChI is InChI=1S/C19H20BrF2N3OS/c1-12-16(27-18(17(12)20)19(21)22)11-23-8-4-9-24-25-10-7-15(26)13-5-2-3-6-14(13)25/h2-3,5-7,10,19,23-24H,4,8-9,11H2,1H3. The SMILES string of the molecule is Cc1c(CNCCCNn2ccc(=O)c3ccccc32)sc(C(F)F)c1Br. The highest BCUT2D eigenvalue weighted by molar-refractivity contribution is 9.10. The number of nitrogens with zero attached hydrogens (tertiary/aromatic N) is 1. The molecule has 144 valence electrons. The molecule has 0 amide bonds. The normalized spacial score (nSPS) is 11.4. The number of pyridine rings is 1. The van der Waals surface area contributed by atoms with E-state index in [1.54, 1.807) is 12.3 Å². The molecular formula is C19H20BrF2N3OS. The van der Waals surface area contributed by atoms with Gasteiger partial charge in [-0.25, -0.2) is 8.78 Å². The van der Waals surface area contributed by atoms with Crippen molar-refractivity contribution >= 4 is 38.2 Å². The minimum absolute atomic E-state index is 0.00552. The zero-order valence-electron chi connectivity index (χ0n) is 14.8. The van der Waals surface area contributed by atoms with Crippen molar-refractivity contribution in [3.05, 3.63) is 66.5 Å². The van der Waals surface area contributed by atoms with E-state index in [1.165, 1.54) is 0 Å². The number of nitrogens with one attached hydrogen (secondary N) is 2. The van der Waals surface area contributed by atoms with Gasteiger partial charge in [0.15, 0.2) is 5.43 Å². The lowest BCUT2D eigenvalue weighted by Crippen LogP contribution is -2.23. The van der Waals surface area contributed by atoms with E-state index < -0.39 is 6.43 Å². The van der Waals surface area contributed by atoms with Crippen molar-refractivity contribution in [1.82, 2.24) is 9.99 Å². The first-order valence-electron chi connectivity index (χ1n) is 8.60. The van der Waals surface area contributed by atoms with Gasteiger partial charge in [0.05, 0.1) is 10.4 Å². The van der Waals surface area contributed by atoms with Gasteiger partial charge >= 0.3 is 0 Å². The Balaban J connectivity index is 1.49. The molecule has 0 aliphatic heterocycles. The van der Waals surface area contributed by atoms with Crippen LogP contribution in [0, 0.1) is 6.92 Å². The van der Waals surface area contributed by atoms with E-state index in [4.69, 9.17) is 0 Å². The van der Waals surface area contributed by atoms with Gasteiger partial charge < -0.3 is 10.7 Å². The summed E-state index contributed by atoms with van der Waals surface area (Å²) >= 11 is 4.40. The average Bonchev–Trinajstić information content (AvgIpc) is 2.95. The first-order chi connectivity index (χ1) is 13.0. The minimum atomic E-state index is -2.45. The van der Waals surface area contributed by atoms with Gasteiger partial charge in [0, 0.05) is 40.1 Å². The summed E-state index contributed by atoms with van der Waals surface area (Å²) in [5, 5.41) is 3.98. The Hall–Kier alpha value is -1.77. The monoisotopic (exact) mass is 455 g/mol. The van der Waals surface area contributed by atoms with E-state index in [1.807, 2.05) is 35.9 Å². The predicted molar refractivity (Wildman–Crippen MR) is 110 cm³/mol. The Labute approximate surface area is 168 Å². The third-order valence-corrected chi connectivity index (χ3v) is 6.88. The van der Waals surface area contributed by atoms with Crippen LogP contribution in [0.3, 0.4) is 0 Å². The number of hydrogen-bond donors (Lipinski definition) is 2. The van der Waals surface area contributed by atoms with Gasteiger partial charge in [-0.3, -0.25) is 9.47 Å². The van der Waals surface area contributed by atoms with E-state index in [2.05, 4.69) is 26.7 Å². The molecule has 2 heterocycles. The number of benzene rings is 1. The number of para-hydroxylation sites is 1. The zero-order chi connectivity index (χ0) is 19.4. The van der Waals surface area contributed by atoms with Gasteiger partial charge in [0.25, 0.3) is 6.43 Å². The Morgan fingerprint density at radius 2 is 2.00 bits per heavy atom. The van der Waals surface area contributed by atoms with Gasteiger partial charge in [-0.15, -0.1) is 11.3 Å².